The second-order valence-corrected chi connectivity index (χ2v) is 5.18. The summed E-state index contributed by atoms with van der Waals surface area (Å²) in [4.78, 5) is 14.6. The van der Waals surface area contributed by atoms with E-state index < -0.39 is 5.60 Å². The molecule has 8 heteroatoms. The Balaban J connectivity index is 1.98. The van der Waals surface area contributed by atoms with Gasteiger partial charge in [0.15, 0.2) is 5.76 Å². The highest BCUT2D eigenvalue weighted by Crippen LogP contribution is 2.13. The minimum Gasteiger partial charge on any atom is -0.461 e. The number of rotatable bonds is 5. The van der Waals surface area contributed by atoms with Crippen LogP contribution in [0, 0.1) is 0 Å². The Morgan fingerprint density at radius 3 is 2.90 bits per heavy atom. The summed E-state index contributed by atoms with van der Waals surface area (Å²) in [5.41, 5.74) is -0.945. The highest BCUT2D eigenvalue weighted by Gasteiger charge is 2.20. The number of aliphatic hydroxyl groups is 1. The van der Waals surface area contributed by atoms with Crippen molar-refractivity contribution in [2.24, 2.45) is 0 Å². The van der Waals surface area contributed by atoms with Crippen molar-refractivity contribution in [3.05, 3.63) is 18.4 Å². The van der Waals surface area contributed by atoms with Gasteiger partial charge in [0.25, 0.3) is 0 Å². The van der Waals surface area contributed by atoms with Crippen LogP contribution in [-0.2, 0) is 11.3 Å². The fraction of sp³-hybridized carbons (Fsp3) is 0.500. The smallest absolute Gasteiger partial charge is 0.246 e. The predicted octanol–water partition coefficient (Wildman–Crippen LogP) is 0.162. The lowest BCUT2D eigenvalue weighted by Gasteiger charge is -2.25. The molecule has 2 aromatic rings. The molecule has 108 valence electrons. The third kappa shape index (κ3) is 3.64. The summed E-state index contributed by atoms with van der Waals surface area (Å²) in [5.74, 6) is 0.608. The van der Waals surface area contributed by atoms with E-state index in [9.17, 15) is 9.90 Å². The van der Waals surface area contributed by atoms with Gasteiger partial charge in [-0.2, -0.15) is 4.80 Å². The summed E-state index contributed by atoms with van der Waals surface area (Å²) >= 11 is 0. The Morgan fingerprint density at radius 1 is 1.55 bits per heavy atom. The number of furan rings is 1. The predicted molar refractivity (Wildman–Crippen MR) is 69.5 cm³/mol. The van der Waals surface area contributed by atoms with Crippen LogP contribution in [0.5, 0.6) is 0 Å². The lowest BCUT2D eigenvalue weighted by atomic mass is 10.1. The van der Waals surface area contributed by atoms with Gasteiger partial charge in [-0.3, -0.25) is 4.79 Å². The van der Waals surface area contributed by atoms with Crippen molar-refractivity contribution in [3.63, 3.8) is 0 Å². The Bertz CT molecular complexity index is 570. The number of aromatic nitrogens is 4. The quantitative estimate of drug-likeness (QED) is 0.837. The van der Waals surface area contributed by atoms with Gasteiger partial charge in [0, 0.05) is 13.6 Å². The molecule has 0 bridgehead atoms. The van der Waals surface area contributed by atoms with E-state index in [2.05, 4.69) is 15.4 Å². The van der Waals surface area contributed by atoms with E-state index in [1.807, 2.05) is 0 Å². The summed E-state index contributed by atoms with van der Waals surface area (Å²) in [7, 11) is 1.62. The van der Waals surface area contributed by atoms with E-state index in [4.69, 9.17) is 4.42 Å². The minimum atomic E-state index is -0.945. The van der Waals surface area contributed by atoms with Gasteiger partial charge in [-0.25, -0.2) is 0 Å². The third-order valence-electron chi connectivity index (χ3n) is 2.52. The SMILES string of the molecule is CN(CC(C)(C)O)C(=O)Cn1nnc(-c2ccco2)n1. The number of hydrogen-bond acceptors (Lipinski definition) is 6. The van der Waals surface area contributed by atoms with Gasteiger partial charge >= 0.3 is 0 Å². The number of hydrogen-bond donors (Lipinski definition) is 1. The van der Waals surface area contributed by atoms with Crippen molar-refractivity contribution in [1.29, 1.82) is 0 Å². The van der Waals surface area contributed by atoms with Crippen LogP contribution in [0.4, 0.5) is 0 Å². The summed E-state index contributed by atoms with van der Waals surface area (Å²) in [6.07, 6.45) is 1.51. The second kappa shape index (κ2) is 5.41. The molecule has 2 aromatic heterocycles. The molecule has 2 heterocycles. The van der Waals surface area contributed by atoms with E-state index in [1.54, 1.807) is 33.0 Å². The fourth-order valence-corrected chi connectivity index (χ4v) is 1.72. The Hall–Kier alpha value is -2.22. The minimum absolute atomic E-state index is 0.0414. The summed E-state index contributed by atoms with van der Waals surface area (Å²) in [5, 5.41) is 21.3. The van der Waals surface area contributed by atoms with Crippen LogP contribution in [0.1, 0.15) is 13.8 Å². The van der Waals surface area contributed by atoms with Crippen molar-refractivity contribution in [2.75, 3.05) is 13.6 Å². The molecule has 0 unspecified atom stereocenters. The highest BCUT2D eigenvalue weighted by atomic mass is 16.3. The number of nitrogens with zero attached hydrogens (tertiary/aromatic N) is 5. The molecule has 20 heavy (non-hydrogen) atoms. The Kier molecular flexibility index (Phi) is 3.84. The molecule has 0 spiro atoms. The molecular weight excluding hydrogens is 262 g/mol. The van der Waals surface area contributed by atoms with Gasteiger partial charge in [0.05, 0.1) is 11.9 Å². The zero-order valence-electron chi connectivity index (χ0n) is 11.6. The molecule has 0 fully saturated rings. The monoisotopic (exact) mass is 279 g/mol. The third-order valence-corrected chi connectivity index (χ3v) is 2.52. The van der Waals surface area contributed by atoms with Crippen molar-refractivity contribution in [1.82, 2.24) is 25.1 Å². The average Bonchev–Trinajstić information content (AvgIpc) is 2.95. The molecule has 1 N–H and O–H groups in total. The van der Waals surface area contributed by atoms with E-state index >= 15 is 0 Å². The van der Waals surface area contributed by atoms with Crippen molar-refractivity contribution in [3.8, 4) is 11.6 Å². The van der Waals surface area contributed by atoms with Gasteiger partial charge in [-0.15, -0.1) is 10.2 Å². The largest absolute Gasteiger partial charge is 0.461 e. The van der Waals surface area contributed by atoms with Gasteiger partial charge in [-0.05, 0) is 31.2 Å². The zero-order valence-corrected chi connectivity index (χ0v) is 11.6. The molecule has 0 aliphatic carbocycles. The van der Waals surface area contributed by atoms with Crippen LogP contribution >= 0.6 is 0 Å². The van der Waals surface area contributed by atoms with E-state index in [-0.39, 0.29) is 19.0 Å². The summed E-state index contributed by atoms with van der Waals surface area (Å²) in [6, 6.07) is 3.43. The number of amides is 1. The van der Waals surface area contributed by atoms with Crippen molar-refractivity contribution < 1.29 is 14.3 Å². The van der Waals surface area contributed by atoms with Crippen molar-refractivity contribution >= 4 is 5.91 Å². The normalized spacial score (nSPS) is 11.6. The van der Waals surface area contributed by atoms with Crippen molar-refractivity contribution in [2.45, 2.75) is 26.0 Å². The first-order valence-electron chi connectivity index (χ1n) is 6.13. The van der Waals surface area contributed by atoms with E-state index in [0.717, 1.165) is 0 Å². The lowest BCUT2D eigenvalue weighted by Crippen LogP contribution is -2.41. The molecule has 1 amide bonds. The molecule has 0 aliphatic heterocycles. The zero-order chi connectivity index (χ0) is 14.8. The first-order valence-corrected chi connectivity index (χ1v) is 6.13. The molecule has 0 saturated carbocycles. The van der Waals surface area contributed by atoms with Crippen LogP contribution in [0.25, 0.3) is 11.6 Å². The Labute approximate surface area is 116 Å². The maximum absolute atomic E-state index is 11.9. The van der Waals surface area contributed by atoms with Gasteiger partial charge in [0.1, 0.15) is 6.54 Å². The molecule has 0 saturated heterocycles. The first-order chi connectivity index (χ1) is 9.35. The standard InChI is InChI=1S/C12H17N5O3/c1-12(2,19)8-16(3)10(18)7-17-14-11(13-15-17)9-5-4-6-20-9/h4-6,19H,7-8H2,1-3H3. The Morgan fingerprint density at radius 2 is 2.30 bits per heavy atom. The summed E-state index contributed by atoms with van der Waals surface area (Å²) in [6.45, 7) is 3.46. The van der Waals surface area contributed by atoms with Crippen LogP contribution < -0.4 is 0 Å². The molecule has 2 rings (SSSR count). The van der Waals surface area contributed by atoms with E-state index in [0.29, 0.717) is 11.6 Å². The number of likely N-dealkylation sites (N-methyl/N-ethyl adjacent to an activating group) is 1. The average molecular weight is 279 g/mol. The number of carbonyl (C=O) groups excluding carboxylic acids is 1. The highest BCUT2D eigenvalue weighted by molar-refractivity contribution is 5.75. The van der Waals surface area contributed by atoms with Gasteiger partial charge in [0.2, 0.25) is 11.7 Å². The second-order valence-electron chi connectivity index (χ2n) is 5.18. The topological polar surface area (TPSA) is 97.3 Å². The van der Waals surface area contributed by atoms with Gasteiger partial charge in [-0.1, -0.05) is 0 Å². The molecule has 0 aromatic carbocycles. The van der Waals surface area contributed by atoms with Crippen LogP contribution in [-0.4, -0.2) is 55.3 Å². The molecular formula is C12H17N5O3. The van der Waals surface area contributed by atoms with Gasteiger partial charge < -0.3 is 14.4 Å². The fourth-order valence-electron chi connectivity index (χ4n) is 1.72. The molecule has 0 radical (unpaired) electrons. The number of carbonyl (C=O) groups is 1. The number of tetrazole rings is 1. The maximum Gasteiger partial charge on any atom is 0.246 e. The van der Waals surface area contributed by atoms with Crippen LogP contribution in [0.2, 0.25) is 0 Å². The van der Waals surface area contributed by atoms with Crippen LogP contribution in [0.15, 0.2) is 22.8 Å². The maximum atomic E-state index is 11.9. The molecule has 0 aliphatic rings. The lowest BCUT2D eigenvalue weighted by molar-refractivity contribution is -0.133. The summed E-state index contributed by atoms with van der Waals surface area (Å²) < 4.78 is 5.14. The molecule has 8 nitrogen and oxygen atoms in total. The van der Waals surface area contributed by atoms with E-state index in [1.165, 1.54) is 16.0 Å². The first kappa shape index (κ1) is 14.2. The molecule has 0 atom stereocenters. The van der Waals surface area contributed by atoms with Crippen LogP contribution in [0.3, 0.4) is 0 Å².